The van der Waals surface area contributed by atoms with Crippen LogP contribution in [0, 0.1) is 0 Å². The van der Waals surface area contributed by atoms with Crippen molar-refractivity contribution in [1.29, 1.82) is 0 Å². The number of hydrogen-bond acceptors (Lipinski definition) is 4. The lowest BCUT2D eigenvalue weighted by molar-refractivity contribution is 0.568. The summed E-state index contributed by atoms with van der Waals surface area (Å²) >= 11 is 5.66. The molecule has 0 aliphatic rings. The van der Waals surface area contributed by atoms with Gasteiger partial charge in [0.1, 0.15) is 5.15 Å². The monoisotopic (exact) mass is 181 g/mol. The molecule has 0 saturated heterocycles. The summed E-state index contributed by atoms with van der Waals surface area (Å²) < 4.78 is 4.97. The van der Waals surface area contributed by atoms with Crippen LogP contribution in [0.4, 0.5) is 0 Å². The van der Waals surface area contributed by atoms with Crippen molar-refractivity contribution in [3.63, 3.8) is 0 Å². The molecule has 0 fully saturated rings. The van der Waals surface area contributed by atoms with E-state index in [1.54, 1.807) is 18.3 Å². The van der Waals surface area contributed by atoms with E-state index in [0.717, 1.165) is 5.56 Å². The summed E-state index contributed by atoms with van der Waals surface area (Å²) in [4.78, 5) is 3.83. The van der Waals surface area contributed by atoms with Crippen molar-refractivity contribution in [2.45, 2.75) is 0 Å². The number of pyridine rings is 1. The lowest BCUT2D eigenvalue weighted by Gasteiger charge is -1.92. The Morgan fingerprint density at radius 1 is 1.42 bits per heavy atom. The molecule has 0 spiro atoms. The summed E-state index contributed by atoms with van der Waals surface area (Å²) in [5.41, 5.74) is 0.771. The van der Waals surface area contributed by atoms with Gasteiger partial charge in [0.05, 0.1) is 0 Å². The van der Waals surface area contributed by atoms with E-state index in [1.165, 1.54) is 6.39 Å². The van der Waals surface area contributed by atoms with E-state index in [9.17, 15) is 0 Å². The van der Waals surface area contributed by atoms with Gasteiger partial charge in [0.15, 0.2) is 0 Å². The summed E-state index contributed by atoms with van der Waals surface area (Å²) in [5.74, 6) is 0.444. The molecule has 0 unspecified atom stereocenters. The van der Waals surface area contributed by atoms with Gasteiger partial charge < -0.3 is 4.42 Å². The normalized spacial score (nSPS) is 10.1. The molecule has 0 aliphatic heterocycles. The highest BCUT2D eigenvalue weighted by molar-refractivity contribution is 6.29. The van der Waals surface area contributed by atoms with E-state index in [4.69, 9.17) is 16.0 Å². The van der Waals surface area contributed by atoms with Crippen LogP contribution in [0.5, 0.6) is 0 Å². The van der Waals surface area contributed by atoms with Gasteiger partial charge in [-0.1, -0.05) is 11.6 Å². The molecule has 0 radical (unpaired) electrons. The molecular formula is C7H4ClN3O. The van der Waals surface area contributed by atoms with E-state index in [0.29, 0.717) is 11.0 Å². The molecule has 60 valence electrons. The molecule has 0 N–H and O–H groups in total. The van der Waals surface area contributed by atoms with Crippen LogP contribution in [0.3, 0.4) is 0 Å². The maximum absolute atomic E-state index is 5.66. The first-order valence-corrected chi connectivity index (χ1v) is 3.62. The van der Waals surface area contributed by atoms with Gasteiger partial charge >= 0.3 is 0 Å². The molecular weight excluding hydrogens is 178 g/mol. The van der Waals surface area contributed by atoms with Gasteiger partial charge in [-0.05, 0) is 12.1 Å². The molecule has 2 rings (SSSR count). The Hall–Kier alpha value is -1.42. The average molecular weight is 182 g/mol. The average Bonchev–Trinajstić information content (AvgIpc) is 2.56. The molecule has 2 heterocycles. The van der Waals surface area contributed by atoms with Crippen LogP contribution in [-0.4, -0.2) is 15.2 Å². The third-order valence-corrected chi connectivity index (χ3v) is 1.54. The summed E-state index contributed by atoms with van der Waals surface area (Å²) in [6.45, 7) is 0. The van der Waals surface area contributed by atoms with Crippen LogP contribution in [0.25, 0.3) is 11.5 Å². The van der Waals surface area contributed by atoms with Crippen LogP contribution >= 0.6 is 11.6 Å². The number of halogens is 1. The smallest absolute Gasteiger partial charge is 0.247 e. The van der Waals surface area contributed by atoms with Gasteiger partial charge in [-0.2, -0.15) is 0 Å². The van der Waals surface area contributed by atoms with E-state index < -0.39 is 0 Å². The Labute approximate surface area is 73.2 Å². The van der Waals surface area contributed by atoms with Crippen LogP contribution in [0.2, 0.25) is 5.15 Å². The first-order valence-electron chi connectivity index (χ1n) is 3.24. The second-order valence-corrected chi connectivity index (χ2v) is 2.50. The fourth-order valence-corrected chi connectivity index (χ4v) is 1.01. The minimum absolute atomic E-state index is 0.408. The fraction of sp³-hybridized carbons (Fsp3) is 0. The van der Waals surface area contributed by atoms with Crippen molar-refractivity contribution < 1.29 is 4.42 Å². The highest BCUT2D eigenvalue weighted by Gasteiger charge is 2.02. The molecule has 2 aromatic rings. The first-order chi connectivity index (χ1) is 5.86. The largest absolute Gasteiger partial charge is 0.423 e. The molecule has 5 heteroatoms. The van der Waals surface area contributed by atoms with Gasteiger partial charge in [-0.3, -0.25) is 0 Å². The molecule has 0 amide bonds. The summed E-state index contributed by atoms with van der Waals surface area (Å²) in [6.07, 6.45) is 2.85. The predicted octanol–water partition coefficient (Wildman–Crippen LogP) is 1.78. The second kappa shape index (κ2) is 2.91. The Bertz CT molecular complexity index is 374. The number of aromatic nitrogens is 3. The van der Waals surface area contributed by atoms with Gasteiger partial charge in [-0.25, -0.2) is 4.98 Å². The molecule has 0 aromatic carbocycles. The van der Waals surface area contributed by atoms with E-state index in [2.05, 4.69) is 15.2 Å². The van der Waals surface area contributed by atoms with Crippen molar-refractivity contribution in [3.05, 3.63) is 29.9 Å². The SMILES string of the molecule is Clc1cc(-c2nnco2)ccn1. The quantitative estimate of drug-likeness (QED) is 0.630. The Balaban J connectivity index is 2.48. The first kappa shape index (κ1) is 7.24. The highest BCUT2D eigenvalue weighted by Crippen LogP contribution is 2.17. The van der Waals surface area contributed by atoms with Crippen molar-refractivity contribution in [3.8, 4) is 11.5 Å². The molecule has 12 heavy (non-hydrogen) atoms. The van der Waals surface area contributed by atoms with Crippen molar-refractivity contribution in [1.82, 2.24) is 15.2 Å². The third-order valence-electron chi connectivity index (χ3n) is 1.33. The third kappa shape index (κ3) is 1.29. The van der Waals surface area contributed by atoms with Gasteiger partial charge in [-0.15, -0.1) is 10.2 Å². The molecule has 0 atom stereocenters. The van der Waals surface area contributed by atoms with Gasteiger partial charge in [0.25, 0.3) is 0 Å². The second-order valence-electron chi connectivity index (χ2n) is 2.11. The van der Waals surface area contributed by atoms with Gasteiger partial charge in [0, 0.05) is 11.8 Å². The minimum Gasteiger partial charge on any atom is -0.423 e. The molecule has 4 nitrogen and oxygen atoms in total. The van der Waals surface area contributed by atoms with Crippen molar-refractivity contribution >= 4 is 11.6 Å². The molecule has 2 aromatic heterocycles. The zero-order chi connectivity index (χ0) is 8.39. The van der Waals surface area contributed by atoms with Gasteiger partial charge in [0.2, 0.25) is 12.3 Å². The van der Waals surface area contributed by atoms with Crippen molar-refractivity contribution in [2.24, 2.45) is 0 Å². The lowest BCUT2D eigenvalue weighted by atomic mass is 10.3. The van der Waals surface area contributed by atoms with Crippen LogP contribution in [0.15, 0.2) is 29.1 Å². The zero-order valence-electron chi connectivity index (χ0n) is 5.94. The maximum atomic E-state index is 5.66. The molecule has 0 aliphatic carbocycles. The summed E-state index contributed by atoms with van der Waals surface area (Å²) in [7, 11) is 0. The zero-order valence-corrected chi connectivity index (χ0v) is 6.69. The maximum Gasteiger partial charge on any atom is 0.247 e. The fourth-order valence-electron chi connectivity index (χ4n) is 0.834. The van der Waals surface area contributed by atoms with E-state index in [1.807, 2.05) is 0 Å². The predicted molar refractivity (Wildman–Crippen MR) is 42.5 cm³/mol. The number of hydrogen-bond donors (Lipinski definition) is 0. The van der Waals surface area contributed by atoms with E-state index in [-0.39, 0.29) is 0 Å². The van der Waals surface area contributed by atoms with Crippen LogP contribution in [-0.2, 0) is 0 Å². The van der Waals surface area contributed by atoms with Crippen LogP contribution in [0.1, 0.15) is 0 Å². The topological polar surface area (TPSA) is 51.8 Å². The molecule has 0 bridgehead atoms. The van der Waals surface area contributed by atoms with Crippen molar-refractivity contribution in [2.75, 3.05) is 0 Å². The molecule has 0 saturated carbocycles. The summed E-state index contributed by atoms with van der Waals surface area (Å²) in [5, 5.41) is 7.68. The number of rotatable bonds is 1. The highest BCUT2D eigenvalue weighted by atomic mass is 35.5. The minimum atomic E-state index is 0.408. The Morgan fingerprint density at radius 3 is 3.00 bits per heavy atom. The van der Waals surface area contributed by atoms with E-state index >= 15 is 0 Å². The Kier molecular flexibility index (Phi) is 1.75. The standard InChI is InChI=1S/C7H4ClN3O/c8-6-3-5(1-2-9-6)7-11-10-4-12-7/h1-4H. The van der Waals surface area contributed by atoms with Crippen LogP contribution < -0.4 is 0 Å². The number of nitrogens with zero attached hydrogens (tertiary/aromatic N) is 3. The summed E-state index contributed by atoms with van der Waals surface area (Å²) in [6, 6.07) is 3.41. The Morgan fingerprint density at radius 2 is 2.33 bits per heavy atom. The lowest BCUT2D eigenvalue weighted by Crippen LogP contribution is -1.79.